The molecule has 0 aromatic heterocycles. The standard InChI is InChI=1S/C13H27N3O2S/c1-3-12-10-16(8-6-13(12)14)19(17,18)15-7-4-5-11(2)9-15/h11-13H,3-10,14H2,1-2H3. The van der Waals surface area contributed by atoms with Gasteiger partial charge in [-0.05, 0) is 31.1 Å². The molecule has 0 aromatic rings. The SMILES string of the molecule is CCC1CN(S(=O)(=O)N2CCCC(C)C2)CCC1N. The minimum absolute atomic E-state index is 0.150. The van der Waals surface area contributed by atoms with Crippen molar-refractivity contribution in [3.05, 3.63) is 0 Å². The molecule has 2 rings (SSSR count). The molecule has 0 spiro atoms. The number of hydrogen-bond acceptors (Lipinski definition) is 3. The van der Waals surface area contributed by atoms with E-state index in [-0.39, 0.29) is 6.04 Å². The van der Waals surface area contributed by atoms with Gasteiger partial charge >= 0.3 is 0 Å². The van der Waals surface area contributed by atoms with Crippen LogP contribution < -0.4 is 5.73 Å². The molecule has 0 radical (unpaired) electrons. The van der Waals surface area contributed by atoms with Crippen LogP contribution in [0.4, 0.5) is 0 Å². The Kier molecular flexibility index (Phi) is 4.87. The Labute approximate surface area is 117 Å². The van der Waals surface area contributed by atoms with Gasteiger partial charge in [0.2, 0.25) is 0 Å². The summed E-state index contributed by atoms with van der Waals surface area (Å²) < 4.78 is 28.7. The van der Waals surface area contributed by atoms with Crippen LogP contribution in [-0.4, -0.2) is 49.2 Å². The first-order chi connectivity index (χ1) is 8.95. The number of rotatable bonds is 3. The van der Waals surface area contributed by atoms with E-state index < -0.39 is 10.2 Å². The van der Waals surface area contributed by atoms with E-state index in [1.54, 1.807) is 8.61 Å². The second kappa shape index (κ2) is 6.08. The van der Waals surface area contributed by atoms with E-state index in [4.69, 9.17) is 5.73 Å². The molecule has 112 valence electrons. The highest BCUT2D eigenvalue weighted by Gasteiger charge is 2.37. The first-order valence-corrected chi connectivity index (χ1v) is 8.85. The Balaban J connectivity index is 2.07. The molecule has 6 heteroatoms. The van der Waals surface area contributed by atoms with E-state index in [0.717, 1.165) is 25.7 Å². The summed E-state index contributed by atoms with van der Waals surface area (Å²) in [6.07, 6.45) is 3.84. The monoisotopic (exact) mass is 289 g/mol. The van der Waals surface area contributed by atoms with E-state index in [1.807, 2.05) is 0 Å². The van der Waals surface area contributed by atoms with Gasteiger partial charge in [-0.2, -0.15) is 17.0 Å². The van der Waals surface area contributed by atoms with Gasteiger partial charge in [0.15, 0.2) is 0 Å². The number of piperidine rings is 2. The third kappa shape index (κ3) is 3.29. The van der Waals surface area contributed by atoms with Crippen LogP contribution in [0.3, 0.4) is 0 Å². The Morgan fingerprint density at radius 1 is 1.16 bits per heavy atom. The van der Waals surface area contributed by atoms with Crippen LogP contribution in [-0.2, 0) is 10.2 Å². The fourth-order valence-electron chi connectivity index (χ4n) is 3.18. The van der Waals surface area contributed by atoms with Gasteiger partial charge in [0.25, 0.3) is 10.2 Å². The number of nitrogens with zero attached hydrogens (tertiary/aromatic N) is 2. The maximum atomic E-state index is 12.7. The first-order valence-electron chi connectivity index (χ1n) is 7.46. The molecule has 2 aliphatic rings. The zero-order valence-electron chi connectivity index (χ0n) is 12.1. The lowest BCUT2D eigenvalue weighted by molar-refractivity contribution is 0.203. The fraction of sp³-hybridized carbons (Fsp3) is 1.00. The molecular weight excluding hydrogens is 262 g/mol. The molecule has 5 nitrogen and oxygen atoms in total. The van der Waals surface area contributed by atoms with Crippen molar-refractivity contribution >= 4 is 10.2 Å². The van der Waals surface area contributed by atoms with Gasteiger partial charge in [-0.1, -0.05) is 20.3 Å². The second-order valence-corrected chi connectivity index (χ2v) is 8.02. The summed E-state index contributed by atoms with van der Waals surface area (Å²) in [5.41, 5.74) is 6.06. The maximum absolute atomic E-state index is 12.7. The number of hydrogen-bond donors (Lipinski definition) is 1. The molecule has 2 fully saturated rings. The minimum Gasteiger partial charge on any atom is -0.327 e. The fourth-order valence-corrected chi connectivity index (χ4v) is 5.02. The lowest BCUT2D eigenvalue weighted by Crippen LogP contribution is -2.54. The minimum atomic E-state index is -3.27. The highest BCUT2D eigenvalue weighted by molar-refractivity contribution is 7.86. The number of nitrogens with two attached hydrogens (primary N) is 1. The lowest BCUT2D eigenvalue weighted by atomic mass is 9.92. The average Bonchev–Trinajstić information content (AvgIpc) is 2.39. The Hall–Kier alpha value is -0.170. The van der Waals surface area contributed by atoms with Crippen LogP contribution in [0, 0.1) is 11.8 Å². The van der Waals surface area contributed by atoms with E-state index >= 15 is 0 Å². The normalized spacial score (nSPS) is 35.4. The molecule has 0 bridgehead atoms. The van der Waals surface area contributed by atoms with E-state index in [0.29, 0.717) is 38.0 Å². The van der Waals surface area contributed by atoms with Crippen molar-refractivity contribution in [3.63, 3.8) is 0 Å². The van der Waals surface area contributed by atoms with Crippen LogP contribution in [0.25, 0.3) is 0 Å². The zero-order valence-corrected chi connectivity index (χ0v) is 12.9. The lowest BCUT2D eigenvalue weighted by Gasteiger charge is -2.40. The topological polar surface area (TPSA) is 66.6 Å². The van der Waals surface area contributed by atoms with Crippen LogP contribution in [0.5, 0.6) is 0 Å². The van der Waals surface area contributed by atoms with Crippen molar-refractivity contribution in [3.8, 4) is 0 Å². The van der Waals surface area contributed by atoms with Crippen molar-refractivity contribution < 1.29 is 8.42 Å². The molecule has 0 aromatic carbocycles. The van der Waals surface area contributed by atoms with E-state index in [1.165, 1.54) is 0 Å². The largest absolute Gasteiger partial charge is 0.327 e. The van der Waals surface area contributed by atoms with Crippen molar-refractivity contribution in [1.82, 2.24) is 8.61 Å². The molecule has 2 saturated heterocycles. The molecule has 19 heavy (non-hydrogen) atoms. The summed E-state index contributed by atoms with van der Waals surface area (Å²) in [6, 6.07) is 0.150. The van der Waals surface area contributed by atoms with Crippen molar-refractivity contribution in [2.45, 2.75) is 45.6 Å². The summed E-state index contributed by atoms with van der Waals surface area (Å²) in [7, 11) is -3.27. The second-order valence-electron chi connectivity index (χ2n) is 6.09. The Bertz CT molecular complexity index is 399. The molecule has 3 unspecified atom stereocenters. The summed E-state index contributed by atoms with van der Waals surface area (Å²) in [5, 5.41) is 0. The molecule has 0 amide bonds. The van der Waals surface area contributed by atoms with Crippen LogP contribution in [0.2, 0.25) is 0 Å². The van der Waals surface area contributed by atoms with Gasteiger partial charge in [0, 0.05) is 32.2 Å². The predicted molar refractivity (Wildman–Crippen MR) is 76.8 cm³/mol. The Morgan fingerprint density at radius 2 is 1.84 bits per heavy atom. The van der Waals surface area contributed by atoms with Gasteiger partial charge < -0.3 is 5.73 Å². The van der Waals surface area contributed by atoms with Gasteiger partial charge in [-0.15, -0.1) is 0 Å². The van der Waals surface area contributed by atoms with Crippen LogP contribution in [0.1, 0.15) is 39.5 Å². The van der Waals surface area contributed by atoms with Gasteiger partial charge in [-0.3, -0.25) is 0 Å². The summed E-state index contributed by atoms with van der Waals surface area (Å²) in [5.74, 6) is 0.767. The molecule has 2 N–H and O–H groups in total. The Morgan fingerprint density at radius 3 is 2.47 bits per heavy atom. The molecule has 2 heterocycles. The predicted octanol–water partition coefficient (Wildman–Crippen LogP) is 1.02. The van der Waals surface area contributed by atoms with E-state index in [2.05, 4.69) is 13.8 Å². The van der Waals surface area contributed by atoms with Crippen molar-refractivity contribution in [2.24, 2.45) is 17.6 Å². The maximum Gasteiger partial charge on any atom is 0.281 e. The summed E-state index contributed by atoms with van der Waals surface area (Å²) in [4.78, 5) is 0. The van der Waals surface area contributed by atoms with Gasteiger partial charge in [-0.25, -0.2) is 0 Å². The van der Waals surface area contributed by atoms with Crippen molar-refractivity contribution in [2.75, 3.05) is 26.2 Å². The van der Waals surface area contributed by atoms with Gasteiger partial charge in [0.1, 0.15) is 0 Å². The molecule has 0 aliphatic carbocycles. The first kappa shape index (κ1) is 15.2. The van der Waals surface area contributed by atoms with Crippen molar-refractivity contribution in [1.29, 1.82) is 0 Å². The summed E-state index contributed by atoms with van der Waals surface area (Å²) in [6.45, 7) is 6.72. The smallest absolute Gasteiger partial charge is 0.281 e. The van der Waals surface area contributed by atoms with E-state index in [9.17, 15) is 8.42 Å². The molecule has 3 atom stereocenters. The highest BCUT2D eigenvalue weighted by Crippen LogP contribution is 2.25. The molecule has 0 saturated carbocycles. The third-order valence-electron chi connectivity index (χ3n) is 4.55. The average molecular weight is 289 g/mol. The summed E-state index contributed by atoms with van der Waals surface area (Å²) >= 11 is 0. The third-order valence-corrected chi connectivity index (χ3v) is 6.52. The zero-order chi connectivity index (χ0) is 14.0. The highest BCUT2D eigenvalue weighted by atomic mass is 32.2. The van der Waals surface area contributed by atoms with Gasteiger partial charge in [0.05, 0.1) is 0 Å². The van der Waals surface area contributed by atoms with Crippen LogP contribution in [0.15, 0.2) is 0 Å². The molecular formula is C13H27N3O2S. The quantitative estimate of drug-likeness (QED) is 0.843. The van der Waals surface area contributed by atoms with Crippen LogP contribution >= 0.6 is 0 Å². The molecule has 2 aliphatic heterocycles.